The molecule has 8 heteroatoms. The van der Waals surface area contributed by atoms with E-state index in [0.29, 0.717) is 23.6 Å². The van der Waals surface area contributed by atoms with Crippen LogP contribution in [0.2, 0.25) is 0 Å². The molecule has 0 saturated heterocycles. The molecule has 3 aromatic rings. The topological polar surface area (TPSA) is 62.3 Å². The molecule has 3 heterocycles. The average molecular weight is 305 g/mol. The molecule has 4 rings (SSSR count). The molecule has 1 aliphatic heterocycles. The Balaban J connectivity index is 1.76. The third-order valence-corrected chi connectivity index (χ3v) is 3.21. The Morgan fingerprint density at radius 1 is 1.18 bits per heavy atom. The summed E-state index contributed by atoms with van der Waals surface area (Å²) in [5.41, 5.74) is 1.11. The predicted octanol–water partition coefficient (Wildman–Crippen LogP) is 2.91. The van der Waals surface area contributed by atoms with Crippen molar-refractivity contribution >= 4 is 0 Å². The molecule has 112 valence electrons. The number of halogens is 2. The lowest BCUT2D eigenvalue weighted by Gasteiger charge is -2.09. The molecule has 0 aliphatic carbocycles. The summed E-state index contributed by atoms with van der Waals surface area (Å²) >= 11 is 0. The number of fused-ring (bicyclic) bond motifs is 1. The number of nitrogens with zero attached hydrogens (tertiary/aromatic N) is 3. The lowest BCUT2D eigenvalue weighted by Crippen LogP contribution is -2.26. The second kappa shape index (κ2) is 4.55. The number of hydrogen-bond donors (Lipinski definition) is 0. The first kappa shape index (κ1) is 12.8. The molecular weight excluding hydrogens is 296 g/mol. The van der Waals surface area contributed by atoms with Crippen LogP contribution in [0.3, 0.4) is 0 Å². The summed E-state index contributed by atoms with van der Waals surface area (Å²) in [6.07, 6.45) is 1.09. The summed E-state index contributed by atoms with van der Waals surface area (Å²) in [5.74, 6) is 0.430. The van der Waals surface area contributed by atoms with E-state index < -0.39 is 6.29 Å². The van der Waals surface area contributed by atoms with Crippen molar-refractivity contribution in [2.45, 2.75) is 12.8 Å². The molecule has 0 N–H and O–H groups in total. The highest BCUT2D eigenvalue weighted by molar-refractivity contribution is 5.70. The van der Waals surface area contributed by atoms with Crippen LogP contribution < -0.4 is 9.47 Å². The zero-order chi connectivity index (χ0) is 15.2. The van der Waals surface area contributed by atoms with Crippen molar-refractivity contribution in [3.05, 3.63) is 48.6 Å². The van der Waals surface area contributed by atoms with Gasteiger partial charge in [0.15, 0.2) is 11.5 Å². The van der Waals surface area contributed by atoms with Crippen molar-refractivity contribution in [3.8, 4) is 22.9 Å². The maximum atomic E-state index is 13.3. The van der Waals surface area contributed by atoms with E-state index in [-0.39, 0.29) is 11.5 Å². The van der Waals surface area contributed by atoms with Crippen molar-refractivity contribution in [2.75, 3.05) is 0 Å². The van der Waals surface area contributed by atoms with Crippen molar-refractivity contribution in [3.63, 3.8) is 0 Å². The molecule has 1 aromatic carbocycles. The second-order valence-corrected chi connectivity index (χ2v) is 4.67. The average Bonchev–Trinajstić information content (AvgIpc) is 3.17. The van der Waals surface area contributed by atoms with Gasteiger partial charge < -0.3 is 18.6 Å². The van der Waals surface area contributed by atoms with E-state index in [0.717, 1.165) is 0 Å². The predicted molar refractivity (Wildman–Crippen MR) is 69.5 cm³/mol. The Morgan fingerprint density at radius 3 is 2.91 bits per heavy atom. The smallest absolute Gasteiger partial charge is 0.395 e. The van der Waals surface area contributed by atoms with Gasteiger partial charge in [-0.3, -0.25) is 0 Å². The summed E-state index contributed by atoms with van der Waals surface area (Å²) in [4.78, 5) is 4.22. The van der Waals surface area contributed by atoms with Gasteiger partial charge in [-0.2, -0.15) is 0 Å². The molecule has 0 amide bonds. The van der Waals surface area contributed by atoms with E-state index in [1.165, 1.54) is 12.3 Å². The molecule has 0 fully saturated rings. The summed E-state index contributed by atoms with van der Waals surface area (Å²) in [6.45, 7) is 0.396. The molecule has 0 spiro atoms. The maximum Gasteiger partial charge on any atom is 0.586 e. The first-order chi connectivity index (χ1) is 10.6. The number of benzene rings is 1. The SMILES string of the molecule is FC1(F)Oc2cccc(-c3nccn3Cc3ccon3)c2O1. The maximum absolute atomic E-state index is 13.3. The minimum atomic E-state index is -3.66. The number of ether oxygens (including phenoxy) is 2. The molecule has 6 nitrogen and oxygen atoms in total. The first-order valence-electron chi connectivity index (χ1n) is 6.42. The fourth-order valence-electron chi connectivity index (χ4n) is 2.32. The van der Waals surface area contributed by atoms with Crippen LogP contribution in [0.15, 0.2) is 47.4 Å². The molecule has 22 heavy (non-hydrogen) atoms. The molecule has 1 aliphatic rings. The van der Waals surface area contributed by atoms with Crippen LogP contribution >= 0.6 is 0 Å². The van der Waals surface area contributed by atoms with Crippen LogP contribution in [0.1, 0.15) is 5.69 Å². The van der Waals surface area contributed by atoms with Gasteiger partial charge in [-0.1, -0.05) is 11.2 Å². The number of rotatable bonds is 3. The van der Waals surface area contributed by atoms with Gasteiger partial charge in [0.25, 0.3) is 0 Å². The molecule has 0 radical (unpaired) electrons. The van der Waals surface area contributed by atoms with Gasteiger partial charge in [0.05, 0.1) is 12.1 Å². The number of alkyl halides is 2. The molecule has 0 atom stereocenters. The van der Waals surface area contributed by atoms with Gasteiger partial charge in [-0.25, -0.2) is 4.98 Å². The van der Waals surface area contributed by atoms with E-state index in [9.17, 15) is 8.78 Å². The summed E-state index contributed by atoms with van der Waals surface area (Å²) < 4.78 is 42.1. The highest BCUT2D eigenvalue weighted by Gasteiger charge is 2.44. The Bertz CT molecular complexity index is 815. The molecule has 2 aromatic heterocycles. The summed E-state index contributed by atoms with van der Waals surface area (Å²) in [6, 6.07) is 6.39. The van der Waals surface area contributed by atoms with Gasteiger partial charge in [0.2, 0.25) is 0 Å². The fraction of sp³-hybridized carbons (Fsp3) is 0.143. The van der Waals surface area contributed by atoms with E-state index >= 15 is 0 Å². The zero-order valence-corrected chi connectivity index (χ0v) is 11.1. The quantitative estimate of drug-likeness (QED) is 0.744. The molecule has 0 bridgehead atoms. The highest BCUT2D eigenvalue weighted by Crippen LogP contribution is 2.46. The largest absolute Gasteiger partial charge is 0.586 e. The Labute approximate surface area is 122 Å². The van der Waals surface area contributed by atoms with Crippen LogP contribution in [-0.2, 0) is 6.54 Å². The normalized spacial score (nSPS) is 15.2. The van der Waals surface area contributed by atoms with Gasteiger partial charge in [0.1, 0.15) is 17.8 Å². The van der Waals surface area contributed by atoms with Gasteiger partial charge in [-0.15, -0.1) is 8.78 Å². The van der Waals surface area contributed by atoms with E-state index in [1.54, 1.807) is 35.2 Å². The monoisotopic (exact) mass is 305 g/mol. The van der Waals surface area contributed by atoms with Gasteiger partial charge in [0, 0.05) is 18.5 Å². The van der Waals surface area contributed by atoms with Crippen molar-refractivity contribution < 1.29 is 22.8 Å². The van der Waals surface area contributed by atoms with Crippen molar-refractivity contribution in [1.82, 2.24) is 14.7 Å². The van der Waals surface area contributed by atoms with Gasteiger partial charge >= 0.3 is 6.29 Å². The molecular formula is C14H9F2N3O3. The Hall–Kier alpha value is -2.90. The number of imidazole rings is 1. The zero-order valence-electron chi connectivity index (χ0n) is 11.1. The van der Waals surface area contributed by atoms with E-state index in [2.05, 4.69) is 19.6 Å². The molecule has 0 saturated carbocycles. The van der Waals surface area contributed by atoms with Crippen LogP contribution in [-0.4, -0.2) is 21.0 Å². The minimum Gasteiger partial charge on any atom is -0.395 e. The standard InChI is InChI=1S/C14H9F2N3O3/c15-14(16)21-11-3-1-2-10(12(11)22-14)13-17-5-6-19(13)8-9-4-7-20-18-9/h1-7H,8H2. The minimum absolute atomic E-state index is 0.0153. The molecule has 0 unspecified atom stereocenters. The highest BCUT2D eigenvalue weighted by atomic mass is 19.3. The Kier molecular flexibility index (Phi) is 2.65. The number of aromatic nitrogens is 3. The van der Waals surface area contributed by atoms with E-state index in [4.69, 9.17) is 4.52 Å². The lowest BCUT2D eigenvalue weighted by atomic mass is 10.1. The van der Waals surface area contributed by atoms with Crippen molar-refractivity contribution in [1.29, 1.82) is 0 Å². The lowest BCUT2D eigenvalue weighted by molar-refractivity contribution is -0.286. The summed E-state index contributed by atoms with van der Waals surface area (Å²) in [7, 11) is 0. The van der Waals surface area contributed by atoms with Gasteiger partial charge in [-0.05, 0) is 12.1 Å². The number of para-hydroxylation sites is 1. The second-order valence-electron chi connectivity index (χ2n) is 4.67. The third-order valence-electron chi connectivity index (χ3n) is 3.21. The van der Waals surface area contributed by atoms with Crippen LogP contribution in [0.25, 0.3) is 11.4 Å². The van der Waals surface area contributed by atoms with Crippen molar-refractivity contribution in [2.24, 2.45) is 0 Å². The van der Waals surface area contributed by atoms with Crippen LogP contribution in [0.4, 0.5) is 8.78 Å². The Morgan fingerprint density at radius 2 is 2.09 bits per heavy atom. The number of hydrogen-bond acceptors (Lipinski definition) is 5. The third kappa shape index (κ3) is 2.09. The van der Waals surface area contributed by atoms with Crippen LogP contribution in [0, 0.1) is 0 Å². The van der Waals surface area contributed by atoms with E-state index in [1.807, 2.05) is 0 Å². The summed E-state index contributed by atoms with van der Waals surface area (Å²) in [5, 5.41) is 3.82. The first-order valence-corrected chi connectivity index (χ1v) is 6.42. The fourth-order valence-corrected chi connectivity index (χ4v) is 2.32. The van der Waals surface area contributed by atoms with Crippen LogP contribution in [0.5, 0.6) is 11.5 Å².